The van der Waals surface area contributed by atoms with Crippen molar-refractivity contribution in [2.24, 2.45) is 0 Å². The van der Waals surface area contributed by atoms with Crippen LogP contribution < -0.4 is 5.69 Å². The van der Waals surface area contributed by atoms with Gasteiger partial charge in [0.2, 0.25) is 5.91 Å². The average Bonchev–Trinajstić information content (AvgIpc) is 3.33. The van der Waals surface area contributed by atoms with Gasteiger partial charge in [-0.25, -0.2) is 14.5 Å². The summed E-state index contributed by atoms with van der Waals surface area (Å²) in [4.78, 5) is 34.0. The molecule has 1 amide bonds. The third-order valence-electron chi connectivity index (χ3n) is 4.43. The van der Waals surface area contributed by atoms with Crippen molar-refractivity contribution in [3.63, 3.8) is 0 Å². The molecule has 1 unspecified atom stereocenters. The number of carbonyl (C=O) groups is 1. The number of carbonyl (C=O) groups excluding carboxylic acids is 1. The Morgan fingerprint density at radius 1 is 1.38 bits per heavy atom. The molecular weight excluding hydrogens is 308 g/mol. The number of likely N-dealkylation sites (tertiary alicyclic amines) is 1. The highest BCUT2D eigenvalue weighted by molar-refractivity contribution is 5.76. The number of hydrogen-bond donors (Lipinski definition) is 1. The van der Waals surface area contributed by atoms with Gasteiger partial charge in [0, 0.05) is 31.6 Å². The number of aromatic nitrogens is 5. The largest absolute Gasteiger partial charge is 0.350 e. The van der Waals surface area contributed by atoms with Gasteiger partial charge in [0.05, 0.1) is 12.6 Å². The highest BCUT2D eigenvalue weighted by Gasteiger charge is 2.31. The SMILES string of the molecule is O=C(CCn1nc2ccccn2c1=O)N1CCCC1c1ncc[nH]1. The van der Waals surface area contributed by atoms with Crippen molar-refractivity contribution in [3.8, 4) is 0 Å². The van der Waals surface area contributed by atoms with Gasteiger partial charge in [0.25, 0.3) is 0 Å². The van der Waals surface area contributed by atoms with Gasteiger partial charge in [-0.2, -0.15) is 0 Å². The molecule has 1 saturated heterocycles. The maximum atomic E-state index is 12.6. The molecule has 0 bridgehead atoms. The molecule has 1 fully saturated rings. The van der Waals surface area contributed by atoms with Crippen LogP contribution in [0, 0.1) is 0 Å². The minimum atomic E-state index is -0.220. The standard InChI is InChI=1S/C16H18N6O2/c23-14(20-10-3-4-12(20)15-17-7-8-18-15)6-11-22-16(24)21-9-2-1-5-13(21)19-22/h1-2,5,7-9,12H,3-4,6,10-11H2,(H,17,18). The van der Waals surface area contributed by atoms with Crippen molar-refractivity contribution >= 4 is 11.6 Å². The maximum absolute atomic E-state index is 12.6. The van der Waals surface area contributed by atoms with E-state index >= 15 is 0 Å². The number of aromatic amines is 1. The first kappa shape index (κ1) is 14.7. The Morgan fingerprint density at radius 2 is 2.29 bits per heavy atom. The normalized spacial score (nSPS) is 17.7. The highest BCUT2D eigenvalue weighted by atomic mass is 16.2. The molecule has 4 rings (SSSR count). The minimum absolute atomic E-state index is 0.00490. The van der Waals surface area contributed by atoms with Crippen LogP contribution in [0.25, 0.3) is 5.65 Å². The highest BCUT2D eigenvalue weighted by Crippen LogP contribution is 2.30. The summed E-state index contributed by atoms with van der Waals surface area (Å²) in [5.41, 5.74) is 0.368. The quantitative estimate of drug-likeness (QED) is 0.774. The molecule has 0 aliphatic carbocycles. The first-order chi connectivity index (χ1) is 11.7. The summed E-state index contributed by atoms with van der Waals surface area (Å²) < 4.78 is 2.83. The van der Waals surface area contributed by atoms with E-state index < -0.39 is 0 Å². The van der Waals surface area contributed by atoms with E-state index in [-0.39, 0.29) is 30.6 Å². The predicted molar refractivity (Wildman–Crippen MR) is 86.3 cm³/mol. The van der Waals surface area contributed by atoms with Gasteiger partial charge in [-0.3, -0.25) is 9.20 Å². The van der Waals surface area contributed by atoms with Crippen LogP contribution in [0.2, 0.25) is 0 Å². The van der Waals surface area contributed by atoms with Crippen molar-refractivity contribution in [3.05, 3.63) is 53.1 Å². The number of hydrogen-bond acceptors (Lipinski definition) is 4. The van der Waals surface area contributed by atoms with Crippen LogP contribution in [0.3, 0.4) is 0 Å². The van der Waals surface area contributed by atoms with Gasteiger partial charge in [0.1, 0.15) is 5.82 Å². The summed E-state index contributed by atoms with van der Waals surface area (Å²) in [6.07, 6.45) is 7.27. The second-order valence-corrected chi connectivity index (χ2v) is 5.90. The summed E-state index contributed by atoms with van der Waals surface area (Å²) in [6, 6.07) is 5.39. The molecule has 1 N–H and O–H groups in total. The zero-order chi connectivity index (χ0) is 16.5. The lowest BCUT2D eigenvalue weighted by Crippen LogP contribution is -2.33. The third-order valence-corrected chi connectivity index (χ3v) is 4.43. The van der Waals surface area contributed by atoms with Crippen molar-refractivity contribution in [1.82, 2.24) is 29.0 Å². The van der Waals surface area contributed by atoms with Crippen LogP contribution in [0.5, 0.6) is 0 Å². The van der Waals surface area contributed by atoms with Crippen LogP contribution >= 0.6 is 0 Å². The second kappa shape index (κ2) is 5.95. The number of pyridine rings is 1. The predicted octanol–water partition coefficient (Wildman–Crippen LogP) is 0.973. The fourth-order valence-electron chi connectivity index (χ4n) is 3.27. The number of nitrogens with zero attached hydrogens (tertiary/aromatic N) is 5. The van der Waals surface area contributed by atoms with E-state index in [0.29, 0.717) is 5.65 Å². The molecule has 0 saturated carbocycles. The van der Waals surface area contributed by atoms with Gasteiger partial charge in [-0.15, -0.1) is 5.10 Å². The Balaban J connectivity index is 1.48. The van der Waals surface area contributed by atoms with Gasteiger partial charge in [0.15, 0.2) is 5.65 Å². The van der Waals surface area contributed by atoms with Gasteiger partial charge in [-0.1, -0.05) is 6.07 Å². The molecule has 3 aromatic heterocycles. The van der Waals surface area contributed by atoms with E-state index in [4.69, 9.17) is 0 Å². The molecule has 0 spiro atoms. The lowest BCUT2D eigenvalue weighted by molar-refractivity contribution is -0.132. The number of rotatable bonds is 4. The van der Waals surface area contributed by atoms with E-state index in [1.54, 1.807) is 30.7 Å². The van der Waals surface area contributed by atoms with E-state index in [9.17, 15) is 9.59 Å². The number of imidazole rings is 1. The summed E-state index contributed by atoms with van der Waals surface area (Å²) in [6.45, 7) is 1.00. The van der Waals surface area contributed by atoms with Gasteiger partial charge < -0.3 is 9.88 Å². The van der Waals surface area contributed by atoms with Gasteiger partial charge in [-0.05, 0) is 25.0 Å². The zero-order valence-electron chi connectivity index (χ0n) is 13.1. The third kappa shape index (κ3) is 2.49. The van der Waals surface area contributed by atoms with Crippen molar-refractivity contribution in [2.75, 3.05) is 6.54 Å². The van der Waals surface area contributed by atoms with Crippen molar-refractivity contribution in [2.45, 2.75) is 31.8 Å². The summed E-state index contributed by atoms with van der Waals surface area (Å²) in [5, 5.41) is 4.26. The smallest absolute Gasteiger partial charge is 0.347 e. The van der Waals surface area contributed by atoms with E-state index in [0.717, 1.165) is 25.2 Å². The van der Waals surface area contributed by atoms with Crippen molar-refractivity contribution in [1.29, 1.82) is 0 Å². The molecule has 0 radical (unpaired) electrons. The molecule has 1 atom stereocenters. The zero-order valence-corrected chi connectivity index (χ0v) is 13.1. The monoisotopic (exact) mass is 326 g/mol. The molecule has 0 aromatic carbocycles. The lowest BCUT2D eigenvalue weighted by Gasteiger charge is -2.23. The Labute approximate surface area is 137 Å². The number of H-pyrrole nitrogens is 1. The summed E-state index contributed by atoms with van der Waals surface area (Å²) in [5.74, 6) is 0.851. The van der Waals surface area contributed by atoms with Crippen LogP contribution in [0.15, 0.2) is 41.6 Å². The summed E-state index contributed by atoms with van der Waals surface area (Å²) >= 11 is 0. The molecule has 1 aliphatic heterocycles. The first-order valence-electron chi connectivity index (χ1n) is 8.07. The lowest BCUT2D eigenvalue weighted by atomic mass is 10.2. The summed E-state index contributed by atoms with van der Waals surface area (Å²) in [7, 11) is 0. The molecular formula is C16H18N6O2. The van der Waals surface area contributed by atoms with Gasteiger partial charge >= 0.3 is 5.69 Å². The average molecular weight is 326 g/mol. The maximum Gasteiger partial charge on any atom is 0.350 e. The van der Waals surface area contributed by atoms with E-state index in [1.165, 1.54) is 9.08 Å². The fraction of sp³-hybridized carbons (Fsp3) is 0.375. The number of amides is 1. The second-order valence-electron chi connectivity index (χ2n) is 5.90. The number of fused-ring (bicyclic) bond motifs is 1. The molecule has 124 valence electrons. The van der Waals surface area contributed by atoms with Crippen LogP contribution in [-0.4, -0.2) is 41.5 Å². The van der Waals surface area contributed by atoms with Crippen LogP contribution in [0.4, 0.5) is 0 Å². The van der Waals surface area contributed by atoms with Crippen LogP contribution in [0.1, 0.15) is 31.1 Å². The Morgan fingerprint density at radius 3 is 3.08 bits per heavy atom. The number of aryl methyl sites for hydroxylation is 1. The fourth-order valence-corrected chi connectivity index (χ4v) is 3.27. The number of nitrogens with one attached hydrogen (secondary N) is 1. The Kier molecular flexibility index (Phi) is 3.64. The molecule has 8 heteroatoms. The van der Waals surface area contributed by atoms with E-state index in [2.05, 4.69) is 15.1 Å². The van der Waals surface area contributed by atoms with Crippen LogP contribution in [-0.2, 0) is 11.3 Å². The molecule has 3 aromatic rings. The molecule has 8 nitrogen and oxygen atoms in total. The molecule has 4 heterocycles. The molecule has 1 aliphatic rings. The Hall–Kier alpha value is -2.90. The first-order valence-corrected chi connectivity index (χ1v) is 8.07. The van der Waals surface area contributed by atoms with E-state index in [1.807, 2.05) is 11.0 Å². The molecule has 24 heavy (non-hydrogen) atoms. The minimum Gasteiger partial charge on any atom is -0.347 e. The van der Waals surface area contributed by atoms with Crippen molar-refractivity contribution < 1.29 is 4.79 Å². The topological polar surface area (TPSA) is 88.3 Å². The Bertz CT molecular complexity index is 910.